The Balaban J connectivity index is 1.88. The van der Waals surface area contributed by atoms with Gasteiger partial charge in [-0.25, -0.2) is 4.79 Å². The number of methoxy groups -OCH3 is 1. The molecule has 0 saturated heterocycles. The van der Waals surface area contributed by atoms with Crippen LogP contribution in [0.1, 0.15) is 24.0 Å². The summed E-state index contributed by atoms with van der Waals surface area (Å²) in [5, 5.41) is 17.5. The Labute approximate surface area is 200 Å². The van der Waals surface area contributed by atoms with Gasteiger partial charge in [0.05, 0.1) is 30.9 Å². The number of H-pyrrole nitrogens is 1. The van der Waals surface area contributed by atoms with Crippen LogP contribution in [0.15, 0.2) is 53.9 Å². The van der Waals surface area contributed by atoms with Crippen molar-refractivity contribution in [1.82, 2.24) is 10.2 Å². The molecule has 1 aliphatic heterocycles. The van der Waals surface area contributed by atoms with Crippen LogP contribution in [0.25, 0.3) is 11.3 Å². The molecule has 9 nitrogen and oxygen atoms in total. The molecule has 2 heterocycles. The number of aromatic nitrogens is 2. The van der Waals surface area contributed by atoms with E-state index in [0.717, 1.165) is 5.56 Å². The molecule has 0 amide bonds. The minimum Gasteiger partial charge on any atom is -0.490 e. The number of rotatable bonds is 7. The minimum atomic E-state index is -0.691. The van der Waals surface area contributed by atoms with Crippen molar-refractivity contribution in [2.75, 3.05) is 20.3 Å². The van der Waals surface area contributed by atoms with Gasteiger partial charge >= 0.3 is 5.97 Å². The lowest BCUT2D eigenvalue weighted by Crippen LogP contribution is -2.21. The van der Waals surface area contributed by atoms with E-state index >= 15 is 0 Å². The molecule has 0 spiro atoms. The van der Waals surface area contributed by atoms with Gasteiger partial charge in [-0.15, -0.1) is 5.10 Å². The molecule has 174 valence electrons. The first-order valence-electron chi connectivity index (χ1n) is 10.4. The molecule has 4 rings (SSSR count). The maximum absolute atomic E-state index is 11.6. The maximum atomic E-state index is 11.6. The Morgan fingerprint density at radius 3 is 2.68 bits per heavy atom. The highest BCUT2D eigenvalue weighted by molar-refractivity contribution is 6.31. The largest absolute Gasteiger partial charge is 0.490 e. The van der Waals surface area contributed by atoms with E-state index in [0.29, 0.717) is 29.2 Å². The average Bonchev–Trinajstić information content (AvgIpc) is 3.27. The van der Waals surface area contributed by atoms with Crippen molar-refractivity contribution in [3.05, 3.63) is 70.1 Å². The van der Waals surface area contributed by atoms with Crippen molar-refractivity contribution >= 4 is 17.6 Å². The molecule has 0 fully saturated rings. The van der Waals surface area contributed by atoms with E-state index < -0.39 is 11.9 Å². The number of aromatic amines is 1. The van der Waals surface area contributed by atoms with Crippen molar-refractivity contribution in [3.63, 3.8) is 0 Å². The molecule has 1 unspecified atom stereocenters. The lowest BCUT2D eigenvalue weighted by atomic mass is 9.83. The lowest BCUT2D eigenvalue weighted by molar-refractivity contribution is -0.142. The van der Waals surface area contributed by atoms with Gasteiger partial charge < -0.3 is 24.7 Å². The summed E-state index contributed by atoms with van der Waals surface area (Å²) in [6, 6.07) is 14.9. The molecule has 34 heavy (non-hydrogen) atoms. The summed E-state index contributed by atoms with van der Waals surface area (Å²) < 4.78 is 21.6. The monoisotopic (exact) mass is 480 g/mol. The number of nitrogens with two attached hydrogens (primary N) is 1. The SMILES string of the molecule is CCOc1cc(C2C(C#N)=C(N)Oc3n[nH]c(-c4ccccc4)c32)c(Cl)cc1OCC(=O)OC. The van der Waals surface area contributed by atoms with Crippen molar-refractivity contribution in [3.8, 4) is 34.7 Å². The molecule has 0 saturated carbocycles. The topological polar surface area (TPSA) is 132 Å². The number of hydrogen-bond acceptors (Lipinski definition) is 8. The molecule has 10 heteroatoms. The molecule has 0 radical (unpaired) electrons. The van der Waals surface area contributed by atoms with Gasteiger partial charge in [-0.2, -0.15) is 5.26 Å². The summed E-state index contributed by atoms with van der Waals surface area (Å²) in [4.78, 5) is 11.6. The molecule has 0 bridgehead atoms. The predicted molar refractivity (Wildman–Crippen MR) is 123 cm³/mol. The third-order valence-electron chi connectivity index (χ3n) is 5.25. The summed E-state index contributed by atoms with van der Waals surface area (Å²) in [6.45, 7) is 1.83. The van der Waals surface area contributed by atoms with Gasteiger partial charge in [-0.05, 0) is 24.1 Å². The van der Waals surface area contributed by atoms with E-state index in [1.54, 1.807) is 6.07 Å². The van der Waals surface area contributed by atoms with Gasteiger partial charge in [0.1, 0.15) is 11.6 Å². The lowest BCUT2D eigenvalue weighted by Gasteiger charge is -2.25. The summed E-state index contributed by atoms with van der Waals surface area (Å²) in [5.74, 6) is -0.445. The first-order chi connectivity index (χ1) is 16.5. The van der Waals surface area contributed by atoms with Crippen LogP contribution in [0.2, 0.25) is 5.02 Å². The van der Waals surface area contributed by atoms with Gasteiger partial charge in [-0.1, -0.05) is 41.9 Å². The number of fused-ring (bicyclic) bond motifs is 1. The molecule has 2 aromatic carbocycles. The second kappa shape index (κ2) is 9.77. The van der Waals surface area contributed by atoms with E-state index in [1.807, 2.05) is 37.3 Å². The Hall–Kier alpha value is -4.16. The second-order valence-corrected chi connectivity index (χ2v) is 7.63. The van der Waals surface area contributed by atoms with E-state index in [9.17, 15) is 10.1 Å². The standard InChI is InChI=1S/C24H21ClN4O5/c1-3-32-17-9-14(16(25)10-18(17)33-12-19(30)31-2)20-15(11-26)23(27)34-24-21(20)22(28-29-24)13-7-5-4-6-8-13/h4-10,20H,3,12,27H2,1-2H3,(H,28,29). The molecular formula is C24H21ClN4O5. The van der Waals surface area contributed by atoms with Crippen LogP contribution < -0.4 is 19.9 Å². The number of nitriles is 1. The quantitative estimate of drug-likeness (QED) is 0.486. The first-order valence-corrected chi connectivity index (χ1v) is 10.7. The van der Waals surface area contributed by atoms with Gasteiger partial charge in [0.15, 0.2) is 18.1 Å². The van der Waals surface area contributed by atoms with Crippen molar-refractivity contribution in [2.24, 2.45) is 5.73 Å². The fraction of sp³-hybridized carbons (Fsp3) is 0.208. The molecule has 1 aromatic heterocycles. The Bertz CT molecular complexity index is 1300. The second-order valence-electron chi connectivity index (χ2n) is 7.23. The number of hydrogen-bond donors (Lipinski definition) is 2. The zero-order valence-electron chi connectivity index (χ0n) is 18.4. The fourth-order valence-electron chi connectivity index (χ4n) is 3.73. The van der Waals surface area contributed by atoms with Gasteiger partial charge in [0.2, 0.25) is 11.8 Å². The van der Waals surface area contributed by atoms with E-state index in [1.165, 1.54) is 13.2 Å². The van der Waals surface area contributed by atoms with Crippen molar-refractivity contribution < 1.29 is 23.7 Å². The normalized spacial score (nSPS) is 14.6. The fourth-order valence-corrected chi connectivity index (χ4v) is 3.99. The first kappa shape index (κ1) is 23.0. The van der Waals surface area contributed by atoms with Gasteiger partial charge in [0, 0.05) is 11.1 Å². The summed E-state index contributed by atoms with van der Waals surface area (Å²) in [7, 11) is 1.27. The number of allylic oxidation sites excluding steroid dienone is 1. The number of carbonyl (C=O) groups is 1. The number of nitrogens with one attached hydrogen (secondary N) is 1. The molecular weight excluding hydrogens is 460 g/mol. The highest BCUT2D eigenvalue weighted by atomic mass is 35.5. The third-order valence-corrected chi connectivity index (χ3v) is 5.58. The van der Waals surface area contributed by atoms with Crippen molar-refractivity contribution in [1.29, 1.82) is 5.26 Å². The smallest absolute Gasteiger partial charge is 0.343 e. The molecule has 1 atom stereocenters. The predicted octanol–water partition coefficient (Wildman–Crippen LogP) is 3.90. The Morgan fingerprint density at radius 1 is 1.26 bits per heavy atom. The molecule has 3 aromatic rings. The average molecular weight is 481 g/mol. The van der Waals surface area contributed by atoms with Crippen LogP contribution >= 0.6 is 11.6 Å². The Kier molecular flexibility index (Phi) is 6.61. The van der Waals surface area contributed by atoms with Gasteiger partial charge in [-0.3, -0.25) is 5.10 Å². The zero-order chi connectivity index (χ0) is 24.2. The summed E-state index contributed by atoms with van der Waals surface area (Å²) >= 11 is 6.69. The number of benzene rings is 2. The van der Waals surface area contributed by atoms with Crippen LogP contribution in [0, 0.1) is 11.3 Å². The van der Waals surface area contributed by atoms with Crippen molar-refractivity contribution in [2.45, 2.75) is 12.8 Å². The van der Waals surface area contributed by atoms with Gasteiger partial charge in [0.25, 0.3) is 0 Å². The number of nitrogens with zero attached hydrogens (tertiary/aromatic N) is 2. The molecule has 0 aliphatic carbocycles. The zero-order valence-corrected chi connectivity index (χ0v) is 19.2. The number of esters is 1. The van der Waals surface area contributed by atoms with Crippen LogP contribution in [0.4, 0.5) is 0 Å². The van der Waals surface area contributed by atoms with E-state index in [2.05, 4.69) is 21.0 Å². The third kappa shape index (κ3) is 4.23. The Morgan fingerprint density at radius 2 is 2.00 bits per heavy atom. The minimum absolute atomic E-state index is 0.0637. The molecule has 3 N–H and O–H groups in total. The summed E-state index contributed by atoms with van der Waals surface area (Å²) in [6.07, 6.45) is 0. The summed E-state index contributed by atoms with van der Waals surface area (Å²) in [5.41, 5.74) is 8.93. The highest BCUT2D eigenvalue weighted by Gasteiger charge is 2.37. The van der Waals surface area contributed by atoms with Crippen LogP contribution in [0.3, 0.4) is 0 Å². The molecule has 1 aliphatic rings. The van der Waals surface area contributed by atoms with Crippen LogP contribution in [-0.2, 0) is 9.53 Å². The van der Waals surface area contributed by atoms with Crippen LogP contribution in [-0.4, -0.2) is 36.5 Å². The van der Waals surface area contributed by atoms with E-state index in [4.69, 9.17) is 31.5 Å². The number of ether oxygens (including phenoxy) is 4. The number of halogens is 1. The van der Waals surface area contributed by atoms with E-state index in [-0.39, 0.29) is 34.7 Å². The maximum Gasteiger partial charge on any atom is 0.343 e. The van der Waals surface area contributed by atoms with Crippen LogP contribution in [0.5, 0.6) is 17.4 Å². The highest BCUT2D eigenvalue weighted by Crippen LogP contribution is 2.49. The number of carbonyl (C=O) groups excluding carboxylic acids is 1.